The predicted octanol–water partition coefficient (Wildman–Crippen LogP) is 5.78. The number of aliphatic hydroxyl groups is 1. The van der Waals surface area contributed by atoms with Gasteiger partial charge in [-0.1, -0.05) is 82.6 Å². The summed E-state index contributed by atoms with van der Waals surface area (Å²) in [5.74, 6) is 0. The minimum absolute atomic E-state index is 0.136. The molecule has 1 unspecified atom stereocenters. The molecule has 22 heavy (non-hydrogen) atoms. The molecule has 0 aliphatic carbocycles. The minimum Gasteiger partial charge on any atom is -0.388 e. The molecule has 0 spiro atoms. The summed E-state index contributed by atoms with van der Waals surface area (Å²) in [6, 6.07) is 17.1. The van der Waals surface area contributed by atoms with Gasteiger partial charge in [-0.2, -0.15) is 0 Å². The third-order valence-electron chi connectivity index (χ3n) is 4.15. The van der Waals surface area contributed by atoms with E-state index in [4.69, 9.17) is 0 Å². The van der Waals surface area contributed by atoms with Crippen LogP contribution in [0.1, 0.15) is 57.8 Å². The van der Waals surface area contributed by atoms with E-state index in [2.05, 4.69) is 64.1 Å². The highest BCUT2D eigenvalue weighted by Crippen LogP contribution is 2.33. The van der Waals surface area contributed by atoms with Crippen LogP contribution in [-0.2, 0) is 6.42 Å². The predicted molar refractivity (Wildman–Crippen MR) is 94.9 cm³/mol. The maximum absolute atomic E-state index is 10.3. The quantitative estimate of drug-likeness (QED) is 0.742. The average Bonchev–Trinajstić information content (AvgIpc) is 2.52. The van der Waals surface area contributed by atoms with E-state index in [9.17, 15) is 5.11 Å². The van der Waals surface area contributed by atoms with Crippen molar-refractivity contribution in [3.8, 4) is 11.1 Å². The number of rotatable bonds is 5. The van der Waals surface area contributed by atoms with Crippen molar-refractivity contribution in [2.75, 3.05) is 0 Å². The topological polar surface area (TPSA) is 20.2 Å². The van der Waals surface area contributed by atoms with E-state index in [1.165, 1.54) is 29.5 Å². The summed E-state index contributed by atoms with van der Waals surface area (Å²) in [7, 11) is 0. The van der Waals surface area contributed by atoms with Crippen LogP contribution in [0, 0.1) is 5.41 Å². The number of hydrogen-bond donors (Lipinski definition) is 1. The molecule has 2 aromatic rings. The van der Waals surface area contributed by atoms with Crippen molar-refractivity contribution in [1.29, 1.82) is 0 Å². The second kappa shape index (κ2) is 7.11. The van der Waals surface area contributed by atoms with Gasteiger partial charge in [0.25, 0.3) is 0 Å². The highest BCUT2D eigenvalue weighted by molar-refractivity contribution is 5.64. The van der Waals surface area contributed by atoms with Gasteiger partial charge in [0.2, 0.25) is 0 Å². The van der Waals surface area contributed by atoms with Gasteiger partial charge in [-0.3, -0.25) is 0 Å². The summed E-state index contributed by atoms with van der Waals surface area (Å²) >= 11 is 0. The van der Waals surface area contributed by atoms with E-state index in [-0.39, 0.29) is 5.41 Å². The highest BCUT2D eigenvalue weighted by Gasteiger charge is 2.23. The van der Waals surface area contributed by atoms with Crippen LogP contribution in [0.4, 0.5) is 0 Å². The Balaban J connectivity index is 2.13. The number of aliphatic hydroxyl groups excluding tert-OH is 1. The van der Waals surface area contributed by atoms with Gasteiger partial charge in [0.15, 0.2) is 0 Å². The molecule has 118 valence electrons. The second-order valence-electron chi connectivity index (χ2n) is 7.19. The van der Waals surface area contributed by atoms with Gasteiger partial charge in [0.1, 0.15) is 0 Å². The summed E-state index contributed by atoms with van der Waals surface area (Å²) in [4.78, 5) is 0. The van der Waals surface area contributed by atoms with Crippen molar-refractivity contribution in [3.05, 3.63) is 59.7 Å². The third kappa shape index (κ3) is 4.20. The lowest BCUT2D eigenvalue weighted by molar-refractivity contribution is 0.0627. The van der Waals surface area contributed by atoms with Crippen LogP contribution in [0.15, 0.2) is 48.5 Å². The Hall–Kier alpha value is -1.60. The molecule has 0 fully saturated rings. The molecule has 0 radical (unpaired) electrons. The monoisotopic (exact) mass is 296 g/mol. The van der Waals surface area contributed by atoms with Crippen LogP contribution in [0.5, 0.6) is 0 Å². The Morgan fingerprint density at radius 3 is 1.82 bits per heavy atom. The van der Waals surface area contributed by atoms with Crippen LogP contribution < -0.4 is 0 Å². The second-order valence-corrected chi connectivity index (χ2v) is 7.19. The summed E-state index contributed by atoms with van der Waals surface area (Å²) in [5, 5.41) is 10.3. The van der Waals surface area contributed by atoms with Gasteiger partial charge in [0, 0.05) is 0 Å². The molecule has 0 amide bonds. The van der Waals surface area contributed by atoms with Gasteiger partial charge < -0.3 is 5.11 Å². The fraction of sp³-hybridized carbons (Fsp3) is 0.429. The van der Waals surface area contributed by atoms with Crippen molar-refractivity contribution in [2.45, 2.75) is 53.1 Å². The first-order valence-electron chi connectivity index (χ1n) is 8.29. The first-order valence-corrected chi connectivity index (χ1v) is 8.29. The molecule has 2 rings (SSSR count). The summed E-state index contributed by atoms with van der Waals surface area (Å²) in [5.41, 5.74) is 4.69. The van der Waals surface area contributed by atoms with Crippen molar-refractivity contribution in [1.82, 2.24) is 0 Å². The Morgan fingerprint density at radius 1 is 0.864 bits per heavy atom. The molecular formula is C21H28O. The molecule has 2 aromatic carbocycles. The van der Waals surface area contributed by atoms with E-state index in [0.29, 0.717) is 0 Å². The van der Waals surface area contributed by atoms with E-state index >= 15 is 0 Å². The lowest BCUT2D eigenvalue weighted by Gasteiger charge is -2.26. The van der Waals surface area contributed by atoms with Gasteiger partial charge in [-0.15, -0.1) is 0 Å². The maximum atomic E-state index is 10.3. The van der Waals surface area contributed by atoms with Crippen LogP contribution in [0.3, 0.4) is 0 Å². The van der Waals surface area contributed by atoms with Gasteiger partial charge >= 0.3 is 0 Å². The number of unbranched alkanes of at least 4 members (excludes halogenated alkanes) is 1. The Bertz CT molecular complexity index is 573. The highest BCUT2D eigenvalue weighted by atomic mass is 16.3. The summed E-state index contributed by atoms with van der Waals surface area (Å²) < 4.78 is 0. The summed E-state index contributed by atoms with van der Waals surface area (Å²) in [6.07, 6.45) is 3.21. The molecule has 0 aromatic heterocycles. The molecule has 1 atom stereocenters. The maximum Gasteiger partial charge on any atom is 0.0838 e. The Morgan fingerprint density at radius 2 is 1.36 bits per heavy atom. The van der Waals surface area contributed by atoms with Gasteiger partial charge in [0.05, 0.1) is 6.10 Å². The SMILES string of the molecule is CCCCc1ccc(-c2ccc(C(O)C(C)(C)C)cc2)cc1. The number of benzene rings is 2. The lowest BCUT2D eigenvalue weighted by atomic mass is 9.84. The number of hydrogen-bond acceptors (Lipinski definition) is 1. The fourth-order valence-corrected chi connectivity index (χ4v) is 2.60. The first kappa shape index (κ1) is 16.8. The van der Waals surface area contributed by atoms with E-state index in [0.717, 1.165) is 12.0 Å². The Kier molecular flexibility index (Phi) is 5.42. The molecular weight excluding hydrogens is 268 g/mol. The van der Waals surface area contributed by atoms with Gasteiger partial charge in [-0.05, 0) is 40.5 Å². The zero-order valence-corrected chi connectivity index (χ0v) is 14.3. The molecule has 0 aliphatic rings. The van der Waals surface area contributed by atoms with Crippen LogP contribution in [-0.4, -0.2) is 5.11 Å². The average molecular weight is 296 g/mol. The summed E-state index contributed by atoms with van der Waals surface area (Å²) in [6.45, 7) is 8.39. The van der Waals surface area contributed by atoms with E-state index in [1.54, 1.807) is 0 Å². The lowest BCUT2D eigenvalue weighted by Crippen LogP contribution is -2.17. The van der Waals surface area contributed by atoms with Crippen molar-refractivity contribution < 1.29 is 5.11 Å². The van der Waals surface area contributed by atoms with Crippen molar-refractivity contribution >= 4 is 0 Å². The molecule has 1 nitrogen and oxygen atoms in total. The van der Waals surface area contributed by atoms with E-state index in [1.807, 2.05) is 12.1 Å². The zero-order valence-electron chi connectivity index (χ0n) is 14.3. The molecule has 0 saturated heterocycles. The van der Waals surface area contributed by atoms with Crippen LogP contribution >= 0.6 is 0 Å². The number of aryl methyl sites for hydroxylation is 1. The minimum atomic E-state index is -0.432. The first-order chi connectivity index (χ1) is 10.4. The fourth-order valence-electron chi connectivity index (χ4n) is 2.60. The molecule has 1 heteroatoms. The third-order valence-corrected chi connectivity index (χ3v) is 4.15. The van der Waals surface area contributed by atoms with Gasteiger partial charge in [-0.25, -0.2) is 0 Å². The molecule has 0 heterocycles. The van der Waals surface area contributed by atoms with Crippen molar-refractivity contribution in [2.24, 2.45) is 5.41 Å². The zero-order chi connectivity index (χ0) is 16.2. The molecule has 0 aliphatic heterocycles. The Labute approximate surface area is 135 Å². The molecule has 0 saturated carbocycles. The largest absolute Gasteiger partial charge is 0.388 e. The standard InChI is InChI=1S/C21H28O/c1-5-6-7-16-8-10-17(11-9-16)18-12-14-19(15-13-18)20(22)21(2,3)4/h8-15,20,22H,5-7H2,1-4H3. The molecule has 0 bridgehead atoms. The van der Waals surface area contributed by atoms with Crippen molar-refractivity contribution in [3.63, 3.8) is 0 Å². The smallest absolute Gasteiger partial charge is 0.0838 e. The van der Waals surface area contributed by atoms with Crippen LogP contribution in [0.25, 0.3) is 11.1 Å². The van der Waals surface area contributed by atoms with E-state index < -0.39 is 6.10 Å². The molecule has 1 N–H and O–H groups in total. The van der Waals surface area contributed by atoms with Crippen LogP contribution in [0.2, 0.25) is 0 Å². The normalized spacial score (nSPS) is 13.1.